The Labute approximate surface area is 216 Å². The number of aliphatic hydroxyl groups excluding tert-OH is 1. The lowest BCUT2D eigenvalue weighted by atomic mass is 9.77. The number of carboxylic acid groups (broad SMARTS) is 1. The maximum absolute atomic E-state index is 13.4. The molecule has 3 unspecified atom stereocenters. The van der Waals surface area contributed by atoms with Crippen molar-refractivity contribution in [1.29, 1.82) is 0 Å². The molecular weight excluding hydrogens is 456 g/mol. The Morgan fingerprint density at radius 2 is 2.00 bits per heavy atom. The Morgan fingerprint density at radius 3 is 2.67 bits per heavy atom. The Bertz CT molecular complexity index is 920. The number of unbranched alkanes of at least 4 members (excludes halogenated alkanes) is 1. The second kappa shape index (κ2) is 12.7. The molecule has 2 aliphatic rings. The zero-order valence-electron chi connectivity index (χ0n) is 22.4. The van der Waals surface area contributed by atoms with Crippen LogP contribution in [0.15, 0.2) is 30.4 Å². The number of benzene rings is 1. The fourth-order valence-electron chi connectivity index (χ4n) is 5.83. The van der Waals surface area contributed by atoms with Crippen LogP contribution < -0.4 is 4.74 Å². The number of rotatable bonds is 13. The van der Waals surface area contributed by atoms with Gasteiger partial charge >= 0.3 is 5.97 Å². The molecule has 0 spiro atoms. The number of allylic oxidation sites excluding steroid dienone is 2. The van der Waals surface area contributed by atoms with Gasteiger partial charge in [-0.1, -0.05) is 51.5 Å². The Hall–Kier alpha value is -2.38. The highest BCUT2D eigenvalue weighted by molar-refractivity contribution is 5.79. The van der Waals surface area contributed by atoms with Gasteiger partial charge in [0, 0.05) is 44.6 Å². The van der Waals surface area contributed by atoms with E-state index in [4.69, 9.17) is 4.74 Å². The molecule has 1 fully saturated rings. The van der Waals surface area contributed by atoms with Gasteiger partial charge in [-0.05, 0) is 48.8 Å². The molecule has 2 N–H and O–H groups in total. The zero-order valence-corrected chi connectivity index (χ0v) is 22.4. The molecule has 2 heterocycles. The highest BCUT2D eigenvalue weighted by Gasteiger charge is 2.48. The summed E-state index contributed by atoms with van der Waals surface area (Å²) >= 11 is 0. The fourth-order valence-corrected chi connectivity index (χ4v) is 5.83. The molecule has 200 valence electrons. The molecule has 1 saturated heterocycles. The largest absolute Gasteiger partial charge is 0.493 e. The molecule has 1 aromatic rings. The summed E-state index contributed by atoms with van der Waals surface area (Å²) in [6, 6.07) is 5.80. The van der Waals surface area contributed by atoms with Gasteiger partial charge in [0.15, 0.2) is 0 Å². The molecule has 7 heteroatoms. The van der Waals surface area contributed by atoms with Gasteiger partial charge < -0.3 is 19.8 Å². The maximum atomic E-state index is 13.4. The average molecular weight is 501 g/mol. The lowest BCUT2D eigenvalue weighted by Crippen LogP contribution is -2.46. The number of ether oxygens (including phenoxy) is 1. The predicted octanol–water partition coefficient (Wildman–Crippen LogP) is 4.09. The number of amides is 1. The van der Waals surface area contributed by atoms with Crippen molar-refractivity contribution in [2.24, 2.45) is 11.3 Å². The third-order valence-electron chi connectivity index (χ3n) is 7.59. The summed E-state index contributed by atoms with van der Waals surface area (Å²) < 4.78 is 5.67. The van der Waals surface area contributed by atoms with E-state index < -0.39 is 11.9 Å². The minimum absolute atomic E-state index is 0.0119. The number of aliphatic hydroxyl groups is 1. The van der Waals surface area contributed by atoms with Crippen LogP contribution in [0.25, 0.3) is 0 Å². The van der Waals surface area contributed by atoms with Crippen molar-refractivity contribution in [3.8, 4) is 5.75 Å². The van der Waals surface area contributed by atoms with E-state index in [1.54, 1.807) is 0 Å². The normalized spacial score (nSPS) is 22.1. The molecule has 1 aromatic carbocycles. The third kappa shape index (κ3) is 6.88. The van der Waals surface area contributed by atoms with Crippen LogP contribution in [0.1, 0.15) is 70.4 Å². The smallest absolute Gasteiger partial charge is 0.308 e. The number of aliphatic carboxylic acids is 1. The first-order valence-electron chi connectivity index (χ1n) is 13.5. The van der Waals surface area contributed by atoms with Crippen LogP contribution in [-0.2, 0) is 16.0 Å². The second-order valence-corrected chi connectivity index (χ2v) is 10.9. The molecule has 36 heavy (non-hydrogen) atoms. The lowest BCUT2D eigenvalue weighted by Gasteiger charge is -2.34. The molecule has 3 atom stereocenters. The Morgan fingerprint density at radius 1 is 1.25 bits per heavy atom. The summed E-state index contributed by atoms with van der Waals surface area (Å²) in [4.78, 5) is 30.1. The summed E-state index contributed by atoms with van der Waals surface area (Å²) in [6.07, 6.45) is 8.07. The summed E-state index contributed by atoms with van der Waals surface area (Å²) in [5.41, 5.74) is 1.94. The molecule has 3 rings (SSSR count). The van der Waals surface area contributed by atoms with Gasteiger partial charge in [0.05, 0.1) is 19.1 Å². The van der Waals surface area contributed by atoms with Gasteiger partial charge in [-0.25, -0.2) is 0 Å². The third-order valence-corrected chi connectivity index (χ3v) is 7.59. The van der Waals surface area contributed by atoms with E-state index in [0.717, 1.165) is 36.1 Å². The van der Waals surface area contributed by atoms with Crippen LogP contribution in [-0.4, -0.2) is 77.3 Å². The highest BCUT2D eigenvalue weighted by atomic mass is 16.5. The summed E-state index contributed by atoms with van der Waals surface area (Å²) in [5, 5.41) is 19.8. The maximum Gasteiger partial charge on any atom is 0.308 e. The number of hydrogen-bond donors (Lipinski definition) is 2. The van der Waals surface area contributed by atoms with E-state index in [1.807, 2.05) is 30.0 Å². The van der Waals surface area contributed by atoms with Crippen LogP contribution in [0.3, 0.4) is 0 Å². The summed E-state index contributed by atoms with van der Waals surface area (Å²) in [5.74, 6) is -0.718. The first-order valence-corrected chi connectivity index (χ1v) is 13.5. The first-order chi connectivity index (χ1) is 17.2. The van der Waals surface area contributed by atoms with Crippen molar-refractivity contribution < 1.29 is 24.5 Å². The van der Waals surface area contributed by atoms with E-state index in [0.29, 0.717) is 39.1 Å². The summed E-state index contributed by atoms with van der Waals surface area (Å²) in [7, 11) is 0. The molecule has 7 nitrogen and oxygen atoms in total. The Balaban J connectivity index is 1.91. The van der Waals surface area contributed by atoms with Gasteiger partial charge in [0.2, 0.25) is 5.91 Å². The van der Waals surface area contributed by atoms with Crippen molar-refractivity contribution >= 4 is 11.9 Å². The second-order valence-electron chi connectivity index (χ2n) is 10.9. The predicted molar refractivity (Wildman–Crippen MR) is 141 cm³/mol. The molecule has 0 aliphatic carbocycles. The van der Waals surface area contributed by atoms with Crippen LogP contribution in [0.4, 0.5) is 0 Å². The number of likely N-dealkylation sites (tertiary alicyclic amines) is 1. The minimum atomic E-state index is -0.809. The standard InChI is InChI=1S/C29H44N2O5/c1-5-7-13-30(14-8-15-32)26(33)20-31-19-23(21-9-10-25-22(17-21)11-16-36-25)27(28(34)35)24(31)18-29(3,4)12-6-2/h6,9-10,12,17,23-24,27,32H,5,7-8,11,13-16,18-20H2,1-4H3,(H,34,35)/b12-6+. The molecule has 2 aliphatic heterocycles. The number of carbonyl (C=O) groups excluding carboxylic acids is 1. The molecule has 0 saturated carbocycles. The van der Waals surface area contributed by atoms with Gasteiger partial charge in [0.25, 0.3) is 0 Å². The monoisotopic (exact) mass is 500 g/mol. The fraction of sp³-hybridized carbons (Fsp3) is 0.655. The Kier molecular flexibility index (Phi) is 9.97. The number of nitrogens with zero attached hydrogens (tertiary/aromatic N) is 2. The minimum Gasteiger partial charge on any atom is -0.493 e. The van der Waals surface area contributed by atoms with Crippen molar-refractivity contribution in [3.63, 3.8) is 0 Å². The van der Waals surface area contributed by atoms with Crippen molar-refractivity contribution in [2.45, 2.75) is 71.8 Å². The number of carbonyl (C=O) groups is 2. The van der Waals surface area contributed by atoms with E-state index in [1.165, 1.54) is 0 Å². The molecule has 0 radical (unpaired) electrons. The molecule has 0 bridgehead atoms. The topological polar surface area (TPSA) is 90.3 Å². The lowest BCUT2D eigenvalue weighted by molar-refractivity contribution is -0.144. The van der Waals surface area contributed by atoms with Crippen LogP contribution >= 0.6 is 0 Å². The van der Waals surface area contributed by atoms with E-state index in [2.05, 4.69) is 37.8 Å². The van der Waals surface area contributed by atoms with Crippen LogP contribution in [0.5, 0.6) is 5.75 Å². The van der Waals surface area contributed by atoms with Gasteiger partial charge in [0.1, 0.15) is 5.75 Å². The van der Waals surface area contributed by atoms with Crippen LogP contribution in [0.2, 0.25) is 0 Å². The van der Waals surface area contributed by atoms with Gasteiger partial charge in [-0.3, -0.25) is 14.5 Å². The van der Waals surface area contributed by atoms with Crippen molar-refractivity contribution in [2.75, 3.05) is 39.4 Å². The molecular formula is C29H44N2O5. The van der Waals surface area contributed by atoms with E-state index >= 15 is 0 Å². The molecule has 1 amide bonds. The summed E-state index contributed by atoms with van der Waals surface area (Å²) in [6.45, 7) is 10.9. The SMILES string of the molecule is C/C=C/C(C)(C)CC1C(C(=O)O)C(c2ccc3c(c2)CCO3)CN1CC(=O)N(CCCC)CCCO. The van der Waals surface area contributed by atoms with E-state index in [9.17, 15) is 19.8 Å². The highest BCUT2D eigenvalue weighted by Crippen LogP contribution is 2.43. The van der Waals surface area contributed by atoms with E-state index in [-0.39, 0.29) is 36.4 Å². The van der Waals surface area contributed by atoms with Crippen LogP contribution in [0, 0.1) is 11.3 Å². The van der Waals surface area contributed by atoms with Gasteiger partial charge in [-0.15, -0.1) is 0 Å². The quantitative estimate of drug-likeness (QED) is 0.397. The number of carboxylic acids is 1. The average Bonchev–Trinajstić information content (AvgIpc) is 3.43. The number of fused-ring (bicyclic) bond motifs is 1. The molecule has 0 aromatic heterocycles. The number of hydrogen-bond acceptors (Lipinski definition) is 5. The zero-order chi connectivity index (χ0) is 26.3. The first kappa shape index (κ1) is 28.2. The van der Waals surface area contributed by atoms with Crippen molar-refractivity contribution in [1.82, 2.24) is 9.80 Å². The van der Waals surface area contributed by atoms with Gasteiger partial charge in [-0.2, -0.15) is 0 Å². The van der Waals surface area contributed by atoms with Crippen molar-refractivity contribution in [3.05, 3.63) is 41.5 Å².